The standard InChI is InChI=1S/C18H33P2.C4H11N/c1-4-7-15-20(16-8-5-2,17-9-6-3)19-18-13-11-10-12-14-18;1-3-5-4-2/h10-14,19H,4-9,15-17H2,1-3H3;5H,3-4H2,1-2H3/q+1;. The summed E-state index contributed by atoms with van der Waals surface area (Å²) in [5.41, 5.74) is 0. The van der Waals surface area contributed by atoms with Gasteiger partial charge in [0.15, 0.2) is 0 Å². The molecule has 0 aliphatic carbocycles. The second-order valence-electron chi connectivity index (χ2n) is 6.81. The number of rotatable bonds is 13. The molecule has 0 aliphatic heterocycles. The van der Waals surface area contributed by atoms with Crippen molar-refractivity contribution >= 4 is 20.5 Å². The van der Waals surface area contributed by atoms with Crippen LogP contribution < -0.4 is 10.6 Å². The highest BCUT2D eigenvalue weighted by Gasteiger charge is 2.35. The molecule has 1 atom stereocenters. The molecule has 0 amide bonds. The van der Waals surface area contributed by atoms with E-state index in [1.165, 1.54) is 57.0 Å². The lowest BCUT2D eigenvalue weighted by Crippen LogP contribution is -2.09. The van der Waals surface area contributed by atoms with Crippen LogP contribution in [0.2, 0.25) is 0 Å². The van der Waals surface area contributed by atoms with Crippen LogP contribution in [0.25, 0.3) is 0 Å². The Hall–Kier alpha value is 0.0400. The lowest BCUT2D eigenvalue weighted by Gasteiger charge is -2.27. The number of nitrogens with one attached hydrogen (secondary N) is 1. The van der Waals surface area contributed by atoms with Crippen LogP contribution in [0.1, 0.15) is 73.1 Å². The molecule has 1 nitrogen and oxygen atoms in total. The van der Waals surface area contributed by atoms with Gasteiger partial charge in [0, 0.05) is 12.3 Å². The summed E-state index contributed by atoms with van der Waals surface area (Å²) in [6.45, 7) is 12.7. The molecule has 1 rings (SSSR count). The van der Waals surface area contributed by atoms with Gasteiger partial charge in [-0.15, -0.1) is 0 Å². The summed E-state index contributed by atoms with van der Waals surface area (Å²) >= 11 is 0. The van der Waals surface area contributed by atoms with Crippen molar-refractivity contribution in [3.8, 4) is 0 Å². The molecule has 1 aromatic rings. The number of unbranched alkanes of at least 4 members (excludes halogenated alkanes) is 3. The Balaban J connectivity index is 0.00000101. The van der Waals surface area contributed by atoms with E-state index in [1.54, 1.807) is 5.30 Å². The number of benzene rings is 1. The van der Waals surface area contributed by atoms with Crippen molar-refractivity contribution in [2.75, 3.05) is 31.6 Å². The Morgan fingerprint density at radius 2 is 1.16 bits per heavy atom. The van der Waals surface area contributed by atoms with Crippen LogP contribution in [0, 0.1) is 0 Å². The average Bonchev–Trinajstić information content (AvgIpc) is 2.65. The molecule has 0 heterocycles. The van der Waals surface area contributed by atoms with Gasteiger partial charge in [0.1, 0.15) is 0 Å². The first kappa shape index (κ1) is 25.0. The summed E-state index contributed by atoms with van der Waals surface area (Å²) in [7, 11) is 1.11. The van der Waals surface area contributed by atoms with Crippen LogP contribution in [-0.2, 0) is 0 Å². The smallest absolute Gasteiger partial charge is 0.0729 e. The molecule has 0 spiro atoms. The molecule has 0 saturated carbocycles. The number of hydrogen-bond donors (Lipinski definition) is 1. The van der Waals surface area contributed by atoms with E-state index < -0.39 is 6.95 Å². The molecule has 1 aromatic carbocycles. The minimum atomic E-state index is -0.740. The van der Waals surface area contributed by atoms with E-state index in [9.17, 15) is 0 Å². The zero-order chi connectivity index (χ0) is 18.8. The number of hydrogen-bond acceptors (Lipinski definition) is 1. The van der Waals surface area contributed by atoms with Crippen molar-refractivity contribution in [3.05, 3.63) is 30.3 Å². The quantitative estimate of drug-likeness (QED) is 0.363. The predicted octanol–water partition coefficient (Wildman–Crippen LogP) is 6.94. The summed E-state index contributed by atoms with van der Waals surface area (Å²) in [5, 5.41) is 4.73. The topological polar surface area (TPSA) is 12.0 Å². The molecule has 0 bridgehead atoms. The van der Waals surface area contributed by atoms with Crippen LogP contribution >= 0.6 is 15.2 Å². The van der Waals surface area contributed by atoms with Crippen LogP contribution in [-0.4, -0.2) is 31.6 Å². The molecule has 0 saturated heterocycles. The van der Waals surface area contributed by atoms with Gasteiger partial charge in [0.05, 0.1) is 26.8 Å². The summed E-state index contributed by atoms with van der Waals surface area (Å²) in [6.07, 6.45) is 13.0. The molecule has 0 aromatic heterocycles. The third-order valence-electron chi connectivity index (χ3n) is 4.46. The van der Waals surface area contributed by atoms with Gasteiger partial charge in [0.25, 0.3) is 0 Å². The Labute approximate surface area is 161 Å². The maximum Gasteiger partial charge on any atom is 0.0729 e. The van der Waals surface area contributed by atoms with Crippen molar-refractivity contribution in [1.29, 1.82) is 0 Å². The Kier molecular flexibility index (Phi) is 17.5. The van der Waals surface area contributed by atoms with E-state index in [0.29, 0.717) is 0 Å². The van der Waals surface area contributed by atoms with Crippen LogP contribution in [0.4, 0.5) is 0 Å². The van der Waals surface area contributed by atoms with E-state index >= 15 is 0 Å². The molecule has 146 valence electrons. The van der Waals surface area contributed by atoms with E-state index in [4.69, 9.17) is 0 Å². The third-order valence-corrected chi connectivity index (χ3v) is 13.3. The fraction of sp³-hybridized carbons (Fsp3) is 0.727. The van der Waals surface area contributed by atoms with Crippen molar-refractivity contribution < 1.29 is 0 Å². The molecular weight excluding hydrogens is 340 g/mol. The Morgan fingerprint density at radius 1 is 0.720 bits per heavy atom. The second kappa shape index (κ2) is 17.5. The predicted molar refractivity (Wildman–Crippen MR) is 125 cm³/mol. The minimum Gasteiger partial charge on any atom is -0.317 e. The maximum absolute atomic E-state index is 3.11. The maximum atomic E-state index is 3.11. The monoisotopic (exact) mass is 384 g/mol. The molecule has 0 fully saturated rings. The van der Waals surface area contributed by atoms with Gasteiger partial charge >= 0.3 is 0 Å². The van der Waals surface area contributed by atoms with Crippen LogP contribution in [0.5, 0.6) is 0 Å². The van der Waals surface area contributed by atoms with Gasteiger partial charge in [-0.05, 0) is 32.4 Å². The molecule has 25 heavy (non-hydrogen) atoms. The fourth-order valence-electron chi connectivity index (χ4n) is 2.92. The molecular formula is C22H44NP2+. The fourth-order valence-corrected chi connectivity index (χ4v) is 12.1. The summed E-state index contributed by atoms with van der Waals surface area (Å²) in [5.74, 6) is 0. The first-order chi connectivity index (χ1) is 12.2. The average molecular weight is 385 g/mol. The Bertz CT molecular complexity index is 357. The largest absolute Gasteiger partial charge is 0.317 e. The highest BCUT2D eigenvalue weighted by molar-refractivity contribution is 8.34. The SMILES string of the molecule is CCCC[P+](CCCC)(CCCC)Pc1ccccc1.CCNCC. The lowest BCUT2D eigenvalue weighted by atomic mass is 10.4. The third kappa shape index (κ3) is 12.9. The summed E-state index contributed by atoms with van der Waals surface area (Å²) in [6, 6.07) is 11.3. The second-order valence-corrected chi connectivity index (χ2v) is 14.8. The zero-order valence-electron chi connectivity index (χ0n) is 17.6. The first-order valence-corrected chi connectivity index (χ1v) is 14.8. The summed E-state index contributed by atoms with van der Waals surface area (Å²) in [4.78, 5) is 0. The summed E-state index contributed by atoms with van der Waals surface area (Å²) < 4.78 is 0. The normalized spacial score (nSPS) is 11.6. The Morgan fingerprint density at radius 3 is 1.48 bits per heavy atom. The lowest BCUT2D eigenvalue weighted by molar-refractivity contribution is 0.762. The van der Waals surface area contributed by atoms with E-state index in [1.807, 2.05) is 0 Å². The molecule has 1 unspecified atom stereocenters. The van der Waals surface area contributed by atoms with Crippen LogP contribution in [0.15, 0.2) is 30.3 Å². The highest BCUT2D eigenvalue weighted by atomic mass is 32.1. The molecule has 1 N–H and O–H groups in total. The van der Waals surface area contributed by atoms with Gasteiger partial charge < -0.3 is 5.32 Å². The van der Waals surface area contributed by atoms with Gasteiger partial charge in [-0.2, -0.15) is 0 Å². The molecule has 0 radical (unpaired) electrons. The van der Waals surface area contributed by atoms with Crippen molar-refractivity contribution in [1.82, 2.24) is 5.32 Å². The highest BCUT2D eigenvalue weighted by Crippen LogP contribution is 2.74. The zero-order valence-corrected chi connectivity index (χ0v) is 19.5. The molecule has 3 heteroatoms. The van der Waals surface area contributed by atoms with Gasteiger partial charge in [-0.1, -0.05) is 84.2 Å². The molecule has 0 aliphatic rings. The van der Waals surface area contributed by atoms with Crippen molar-refractivity contribution in [2.24, 2.45) is 0 Å². The van der Waals surface area contributed by atoms with Crippen molar-refractivity contribution in [2.45, 2.75) is 73.1 Å². The van der Waals surface area contributed by atoms with Crippen molar-refractivity contribution in [3.63, 3.8) is 0 Å². The van der Waals surface area contributed by atoms with Crippen LogP contribution in [0.3, 0.4) is 0 Å². The van der Waals surface area contributed by atoms with Gasteiger partial charge in [-0.3, -0.25) is 0 Å². The first-order valence-electron chi connectivity index (χ1n) is 10.6. The van der Waals surface area contributed by atoms with Gasteiger partial charge in [-0.25, -0.2) is 0 Å². The van der Waals surface area contributed by atoms with E-state index in [0.717, 1.165) is 21.4 Å². The van der Waals surface area contributed by atoms with E-state index in [2.05, 4.69) is 70.3 Å². The van der Waals surface area contributed by atoms with Gasteiger partial charge in [0.2, 0.25) is 0 Å². The minimum absolute atomic E-state index is 0.740. The van der Waals surface area contributed by atoms with E-state index in [-0.39, 0.29) is 0 Å².